The average Bonchev–Trinajstić information content (AvgIpc) is 2.71. The van der Waals surface area contributed by atoms with Crippen LogP contribution in [0.2, 0.25) is 10.0 Å². The van der Waals surface area contributed by atoms with E-state index in [1.54, 1.807) is 7.11 Å². The SMILES string of the molecule is COc1ccc(CCC(O)CN2CCN(Cc3ccc(Cl)c(Cl)c3)CC2)cc1. The summed E-state index contributed by atoms with van der Waals surface area (Å²) in [5, 5.41) is 11.6. The van der Waals surface area contributed by atoms with Gasteiger partial charge in [0.25, 0.3) is 0 Å². The van der Waals surface area contributed by atoms with E-state index in [9.17, 15) is 5.11 Å². The minimum absolute atomic E-state index is 0.302. The van der Waals surface area contributed by atoms with E-state index >= 15 is 0 Å². The molecule has 1 aliphatic rings. The van der Waals surface area contributed by atoms with Gasteiger partial charge in [-0.1, -0.05) is 41.4 Å². The summed E-state index contributed by atoms with van der Waals surface area (Å²) >= 11 is 12.1. The summed E-state index contributed by atoms with van der Waals surface area (Å²) in [6, 6.07) is 13.9. The minimum atomic E-state index is -0.302. The first-order chi connectivity index (χ1) is 13.5. The number of methoxy groups -OCH3 is 1. The van der Waals surface area contributed by atoms with Crippen LogP contribution in [0.15, 0.2) is 42.5 Å². The van der Waals surface area contributed by atoms with Crippen LogP contribution in [0.4, 0.5) is 0 Å². The summed E-state index contributed by atoms with van der Waals surface area (Å²) in [4.78, 5) is 4.77. The van der Waals surface area contributed by atoms with Crippen LogP contribution in [0.3, 0.4) is 0 Å². The Morgan fingerprint density at radius 1 is 0.929 bits per heavy atom. The number of ether oxygens (including phenoxy) is 1. The highest BCUT2D eigenvalue weighted by Gasteiger charge is 2.19. The molecule has 0 spiro atoms. The van der Waals surface area contributed by atoms with Crippen molar-refractivity contribution in [2.75, 3.05) is 39.8 Å². The van der Waals surface area contributed by atoms with Gasteiger partial charge >= 0.3 is 0 Å². The number of benzene rings is 2. The van der Waals surface area contributed by atoms with E-state index in [1.807, 2.05) is 30.3 Å². The molecule has 3 rings (SSSR count). The lowest BCUT2D eigenvalue weighted by atomic mass is 10.1. The van der Waals surface area contributed by atoms with Crippen molar-refractivity contribution in [2.24, 2.45) is 0 Å². The molecule has 1 fully saturated rings. The summed E-state index contributed by atoms with van der Waals surface area (Å²) in [5.41, 5.74) is 2.41. The summed E-state index contributed by atoms with van der Waals surface area (Å²) in [5.74, 6) is 0.864. The Hall–Kier alpha value is -1.30. The van der Waals surface area contributed by atoms with E-state index in [4.69, 9.17) is 27.9 Å². The van der Waals surface area contributed by atoms with Crippen molar-refractivity contribution in [2.45, 2.75) is 25.5 Å². The van der Waals surface area contributed by atoms with Gasteiger partial charge in [0, 0.05) is 39.3 Å². The maximum Gasteiger partial charge on any atom is 0.118 e. The molecule has 1 atom stereocenters. The zero-order valence-corrected chi connectivity index (χ0v) is 17.8. The predicted molar refractivity (Wildman–Crippen MR) is 116 cm³/mol. The molecular weight excluding hydrogens is 395 g/mol. The molecule has 1 N–H and O–H groups in total. The monoisotopic (exact) mass is 422 g/mol. The molecule has 1 saturated heterocycles. The Labute approximate surface area is 177 Å². The van der Waals surface area contributed by atoms with Crippen molar-refractivity contribution in [3.05, 3.63) is 63.6 Å². The summed E-state index contributed by atoms with van der Waals surface area (Å²) in [7, 11) is 1.67. The van der Waals surface area contributed by atoms with Crippen molar-refractivity contribution in [1.82, 2.24) is 9.80 Å². The predicted octanol–water partition coefficient (Wildman–Crippen LogP) is 4.11. The molecule has 0 amide bonds. The van der Waals surface area contributed by atoms with E-state index in [0.717, 1.165) is 57.9 Å². The molecule has 1 heterocycles. The van der Waals surface area contributed by atoms with Crippen molar-refractivity contribution >= 4 is 23.2 Å². The molecule has 0 aliphatic carbocycles. The molecule has 1 unspecified atom stereocenters. The fraction of sp³-hybridized carbons (Fsp3) is 0.455. The highest BCUT2D eigenvalue weighted by molar-refractivity contribution is 6.42. The quantitative estimate of drug-likeness (QED) is 0.693. The molecule has 0 aromatic heterocycles. The van der Waals surface area contributed by atoms with Crippen LogP contribution in [0.1, 0.15) is 17.5 Å². The Balaban J connectivity index is 1.37. The number of rotatable bonds is 8. The highest BCUT2D eigenvalue weighted by atomic mass is 35.5. The van der Waals surface area contributed by atoms with Crippen LogP contribution >= 0.6 is 23.2 Å². The fourth-order valence-corrected chi connectivity index (χ4v) is 3.86. The standard InChI is InChI=1S/C22H28Cl2N2O2/c1-28-20-7-3-17(4-8-20)2-6-19(27)16-26-12-10-25(11-13-26)15-18-5-9-21(23)22(24)14-18/h3-5,7-9,14,19,27H,2,6,10-13,15-16H2,1H3. The molecule has 0 bridgehead atoms. The van der Waals surface area contributed by atoms with E-state index in [-0.39, 0.29) is 6.10 Å². The second-order valence-corrected chi connectivity index (χ2v) is 8.18. The molecule has 0 saturated carbocycles. The number of aliphatic hydroxyl groups excluding tert-OH is 1. The van der Waals surface area contributed by atoms with Crippen LogP contribution in [-0.4, -0.2) is 60.8 Å². The topological polar surface area (TPSA) is 35.9 Å². The molecule has 6 heteroatoms. The summed E-state index contributed by atoms with van der Waals surface area (Å²) < 4.78 is 5.18. The Kier molecular flexibility index (Phi) is 8.00. The van der Waals surface area contributed by atoms with E-state index < -0.39 is 0 Å². The van der Waals surface area contributed by atoms with E-state index in [2.05, 4.69) is 21.9 Å². The zero-order chi connectivity index (χ0) is 19.9. The van der Waals surface area contributed by atoms with Crippen molar-refractivity contribution in [3.63, 3.8) is 0 Å². The minimum Gasteiger partial charge on any atom is -0.497 e. The van der Waals surface area contributed by atoms with Crippen LogP contribution < -0.4 is 4.74 Å². The number of β-amino-alcohol motifs (C(OH)–C–C–N with tert-alkyl or cyclic N) is 1. The molecule has 152 valence electrons. The number of aryl methyl sites for hydroxylation is 1. The van der Waals surface area contributed by atoms with Gasteiger partial charge in [-0.05, 0) is 48.2 Å². The van der Waals surface area contributed by atoms with Crippen LogP contribution in [0.5, 0.6) is 5.75 Å². The Bertz CT molecular complexity index is 747. The number of aliphatic hydroxyl groups is 1. The number of hydrogen-bond acceptors (Lipinski definition) is 4. The van der Waals surface area contributed by atoms with Crippen molar-refractivity contribution in [1.29, 1.82) is 0 Å². The van der Waals surface area contributed by atoms with Gasteiger partial charge in [0.2, 0.25) is 0 Å². The third kappa shape index (κ3) is 6.36. The first-order valence-electron chi connectivity index (χ1n) is 9.73. The Morgan fingerprint density at radius 3 is 2.21 bits per heavy atom. The number of nitrogens with zero attached hydrogens (tertiary/aromatic N) is 2. The maximum absolute atomic E-state index is 10.4. The molecular formula is C22H28Cl2N2O2. The van der Waals surface area contributed by atoms with Crippen molar-refractivity contribution in [3.8, 4) is 5.75 Å². The van der Waals surface area contributed by atoms with Gasteiger partial charge < -0.3 is 9.84 Å². The Morgan fingerprint density at radius 2 is 1.57 bits per heavy atom. The van der Waals surface area contributed by atoms with Gasteiger partial charge in [-0.3, -0.25) is 9.80 Å². The van der Waals surface area contributed by atoms with Gasteiger partial charge in [0.1, 0.15) is 5.75 Å². The first-order valence-corrected chi connectivity index (χ1v) is 10.5. The highest BCUT2D eigenvalue weighted by Crippen LogP contribution is 2.23. The van der Waals surface area contributed by atoms with Gasteiger partial charge in [-0.2, -0.15) is 0 Å². The van der Waals surface area contributed by atoms with E-state index in [1.165, 1.54) is 11.1 Å². The molecule has 1 aliphatic heterocycles. The second-order valence-electron chi connectivity index (χ2n) is 7.37. The smallest absolute Gasteiger partial charge is 0.118 e. The number of piperazine rings is 1. The van der Waals surface area contributed by atoms with Gasteiger partial charge in [-0.15, -0.1) is 0 Å². The van der Waals surface area contributed by atoms with Crippen LogP contribution in [-0.2, 0) is 13.0 Å². The lowest BCUT2D eigenvalue weighted by Crippen LogP contribution is -2.48. The summed E-state index contributed by atoms with van der Waals surface area (Å²) in [6.07, 6.45) is 1.35. The molecule has 0 radical (unpaired) electrons. The zero-order valence-electron chi connectivity index (χ0n) is 16.3. The molecule has 4 nitrogen and oxygen atoms in total. The lowest BCUT2D eigenvalue weighted by molar-refractivity contribution is 0.0666. The third-order valence-corrected chi connectivity index (χ3v) is 5.99. The van der Waals surface area contributed by atoms with Gasteiger partial charge in [0.15, 0.2) is 0 Å². The van der Waals surface area contributed by atoms with Crippen LogP contribution in [0.25, 0.3) is 0 Å². The maximum atomic E-state index is 10.4. The lowest BCUT2D eigenvalue weighted by Gasteiger charge is -2.35. The number of halogens is 2. The first kappa shape index (κ1) is 21.4. The molecule has 2 aromatic carbocycles. The largest absolute Gasteiger partial charge is 0.497 e. The average molecular weight is 423 g/mol. The molecule has 2 aromatic rings. The van der Waals surface area contributed by atoms with Gasteiger partial charge in [-0.25, -0.2) is 0 Å². The molecule has 28 heavy (non-hydrogen) atoms. The normalized spacial score (nSPS) is 16.9. The number of hydrogen-bond donors (Lipinski definition) is 1. The summed E-state index contributed by atoms with van der Waals surface area (Å²) in [6.45, 7) is 5.54. The van der Waals surface area contributed by atoms with E-state index in [0.29, 0.717) is 10.0 Å². The fourth-order valence-electron chi connectivity index (χ4n) is 3.54. The second kappa shape index (κ2) is 10.5. The third-order valence-electron chi connectivity index (χ3n) is 5.25. The van der Waals surface area contributed by atoms with Crippen molar-refractivity contribution < 1.29 is 9.84 Å². The van der Waals surface area contributed by atoms with Gasteiger partial charge in [0.05, 0.1) is 23.3 Å². The van der Waals surface area contributed by atoms with Crippen LogP contribution in [0, 0.1) is 0 Å².